The summed E-state index contributed by atoms with van der Waals surface area (Å²) >= 11 is 0. The number of nitrogens with zero attached hydrogens (tertiary/aromatic N) is 3. The zero-order chi connectivity index (χ0) is 14.4. The van der Waals surface area contributed by atoms with Gasteiger partial charge in [0.25, 0.3) is 0 Å². The van der Waals surface area contributed by atoms with Gasteiger partial charge in [0, 0.05) is 48.0 Å². The van der Waals surface area contributed by atoms with Crippen molar-refractivity contribution in [2.75, 3.05) is 5.32 Å². The molecule has 0 aliphatic rings. The first kappa shape index (κ1) is 12.0. The molecule has 2 aromatic heterocycles. The van der Waals surface area contributed by atoms with Crippen LogP contribution in [0.2, 0.25) is 0 Å². The highest BCUT2D eigenvalue weighted by molar-refractivity contribution is 5.86. The van der Waals surface area contributed by atoms with E-state index in [1.54, 1.807) is 0 Å². The second-order valence-corrected chi connectivity index (χ2v) is 5.37. The minimum absolute atomic E-state index is 1.07. The molecule has 0 saturated heterocycles. The third-order valence-electron chi connectivity index (χ3n) is 3.92. The lowest BCUT2D eigenvalue weighted by Gasteiger charge is -2.08. The van der Waals surface area contributed by atoms with E-state index < -0.39 is 0 Å². The number of hydrogen-bond acceptors (Lipinski definition) is 2. The Morgan fingerprint density at radius 1 is 0.857 bits per heavy atom. The lowest BCUT2D eigenvalue weighted by Crippen LogP contribution is -1.93. The van der Waals surface area contributed by atoms with Crippen molar-refractivity contribution in [2.45, 2.75) is 0 Å². The summed E-state index contributed by atoms with van der Waals surface area (Å²) in [5.74, 6) is 0. The molecule has 4 heteroatoms. The van der Waals surface area contributed by atoms with E-state index in [-0.39, 0.29) is 0 Å². The number of benzene rings is 2. The van der Waals surface area contributed by atoms with Crippen molar-refractivity contribution >= 4 is 33.2 Å². The molecule has 0 atom stereocenters. The average Bonchev–Trinajstić information content (AvgIpc) is 3.03. The molecule has 1 N–H and O–H groups in total. The quantitative estimate of drug-likeness (QED) is 0.604. The molecule has 0 unspecified atom stereocenters. The molecular weight excluding hydrogens is 260 g/mol. The van der Waals surface area contributed by atoms with E-state index in [0.717, 1.165) is 22.3 Å². The lowest BCUT2D eigenvalue weighted by atomic mass is 10.2. The van der Waals surface area contributed by atoms with E-state index in [1.165, 1.54) is 10.9 Å². The van der Waals surface area contributed by atoms with Gasteiger partial charge in [0.05, 0.1) is 11.7 Å². The van der Waals surface area contributed by atoms with Gasteiger partial charge in [0.1, 0.15) is 0 Å². The Morgan fingerprint density at radius 2 is 1.67 bits per heavy atom. The summed E-state index contributed by atoms with van der Waals surface area (Å²) in [5.41, 5.74) is 4.53. The van der Waals surface area contributed by atoms with Gasteiger partial charge in [-0.1, -0.05) is 0 Å². The molecule has 0 bridgehead atoms. The number of anilines is 2. The Bertz CT molecular complexity index is 946. The maximum Gasteiger partial charge on any atom is 0.0699 e. The van der Waals surface area contributed by atoms with E-state index in [0.29, 0.717) is 0 Å². The first-order valence-corrected chi connectivity index (χ1v) is 6.94. The van der Waals surface area contributed by atoms with Crippen LogP contribution in [-0.2, 0) is 14.1 Å². The predicted molar refractivity (Wildman–Crippen MR) is 86.9 cm³/mol. The molecule has 4 nitrogen and oxygen atoms in total. The topological polar surface area (TPSA) is 34.8 Å². The zero-order valence-electron chi connectivity index (χ0n) is 12.0. The van der Waals surface area contributed by atoms with Gasteiger partial charge in [-0.2, -0.15) is 5.10 Å². The average molecular weight is 276 g/mol. The molecule has 0 saturated carbocycles. The SMILES string of the molecule is Cn1ccc2cc(Nc3ccc4cnn(C)c4c3)ccc21. The monoisotopic (exact) mass is 276 g/mol. The number of aromatic nitrogens is 3. The van der Waals surface area contributed by atoms with Crippen molar-refractivity contribution in [2.24, 2.45) is 14.1 Å². The zero-order valence-corrected chi connectivity index (χ0v) is 12.0. The van der Waals surface area contributed by atoms with Crippen molar-refractivity contribution in [3.05, 3.63) is 54.9 Å². The van der Waals surface area contributed by atoms with Gasteiger partial charge in [-0.3, -0.25) is 4.68 Å². The molecule has 21 heavy (non-hydrogen) atoms. The molecule has 4 rings (SSSR count). The highest BCUT2D eigenvalue weighted by atomic mass is 15.2. The second-order valence-electron chi connectivity index (χ2n) is 5.37. The summed E-state index contributed by atoms with van der Waals surface area (Å²) in [4.78, 5) is 0. The van der Waals surface area contributed by atoms with Crippen molar-refractivity contribution in [3.63, 3.8) is 0 Å². The highest BCUT2D eigenvalue weighted by Crippen LogP contribution is 2.25. The Morgan fingerprint density at radius 3 is 2.57 bits per heavy atom. The standard InChI is InChI=1S/C17H16N4/c1-20-8-7-12-9-14(5-6-16(12)20)19-15-4-3-13-11-18-21(2)17(13)10-15/h3-11,19H,1-2H3. The van der Waals surface area contributed by atoms with Gasteiger partial charge in [0.2, 0.25) is 0 Å². The Hall–Kier alpha value is -2.75. The van der Waals surface area contributed by atoms with Crippen molar-refractivity contribution in [1.29, 1.82) is 0 Å². The molecule has 104 valence electrons. The Balaban J connectivity index is 1.73. The van der Waals surface area contributed by atoms with Crippen molar-refractivity contribution < 1.29 is 0 Å². The van der Waals surface area contributed by atoms with Crippen LogP contribution in [0.5, 0.6) is 0 Å². The molecule has 0 spiro atoms. The molecule has 0 radical (unpaired) electrons. The fourth-order valence-electron chi connectivity index (χ4n) is 2.75. The fourth-order valence-corrected chi connectivity index (χ4v) is 2.75. The first-order valence-electron chi connectivity index (χ1n) is 6.94. The lowest BCUT2D eigenvalue weighted by molar-refractivity contribution is 0.797. The number of fused-ring (bicyclic) bond motifs is 2. The maximum atomic E-state index is 4.27. The van der Waals surface area contributed by atoms with E-state index in [1.807, 2.05) is 17.9 Å². The summed E-state index contributed by atoms with van der Waals surface area (Å²) in [6, 6.07) is 14.8. The molecule has 2 heterocycles. The summed E-state index contributed by atoms with van der Waals surface area (Å²) in [6.45, 7) is 0. The second kappa shape index (κ2) is 4.38. The molecular formula is C17H16N4. The van der Waals surface area contributed by atoms with Crippen LogP contribution in [-0.4, -0.2) is 14.3 Å². The van der Waals surface area contributed by atoms with Crippen LogP contribution in [0.1, 0.15) is 0 Å². The molecule has 0 amide bonds. The first-order chi connectivity index (χ1) is 10.2. The van der Waals surface area contributed by atoms with Gasteiger partial charge in [-0.05, 0) is 42.5 Å². The predicted octanol–water partition coefficient (Wildman–Crippen LogP) is 3.81. The minimum Gasteiger partial charge on any atom is -0.355 e. The van der Waals surface area contributed by atoms with Crippen LogP contribution >= 0.6 is 0 Å². The fraction of sp³-hybridized carbons (Fsp3) is 0.118. The Kier molecular flexibility index (Phi) is 2.51. The van der Waals surface area contributed by atoms with Crippen LogP contribution < -0.4 is 5.32 Å². The van der Waals surface area contributed by atoms with Crippen LogP contribution in [0.25, 0.3) is 21.8 Å². The third-order valence-corrected chi connectivity index (χ3v) is 3.92. The van der Waals surface area contributed by atoms with Gasteiger partial charge in [-0.15, -0.1) is 0 Å². The number of nitrogens with one attached hydrogen (secondary N) is 1. The maximum absolute atomic E-state index is 4.27. The van der Waals surface area contributed by atoms with Gasteiger partial charge < -0.3 is 9.88 Å². The van der Waals surface area contributed by atoms with Crippen molar-refractivity contribution in [3.8, 4) is 0 Å². The van der Waals surface area contributed by atoms with Crippen LogP contribution in [0, 0.1) is 0 Å². The van der Waals surface area contributed by atoms with Gasteiger partial charge in [0.15, 0.2) is 0 Å². The van der Waals surface area contributed by atoms with Crippen LogP contribution in [0.3, 0.4) is 0 Å². The highest BCUT2D eigenvalue weighted by Gasteiger charge is 2.03. The Labute approximate surface area is 122 Å². The smallest absolute Gasteiger partial charge is 0.0699 e. The van der Waals surface area contributed by atoms with E-state index in [9.17, 15) is 0 Å². The number of aryl methyl sites for hydroxylation is 2. The molecule has 2 aromatic carbocycles. The third kappa shape index (κ3) is 1.96. The number of hydrogen-bond donors (Lipinski definition) is 1. The molecule has 0 aliphatic heterocycles. The van der Waals surface area contributed by atoms with E-state index >= 15 is 0 Å². The van der Waals surface area contributed by atoms with E-state index in [4.69, 9.17) is 0 Å². The van der Waals surface area contributed by atoms with Crippen molar-refractivity contribution in [1.82, 2.24) is 14.3 Å². The minimum atomic E-state index is 1.07. The summed E-state index contributed by atoms with van der Waals surface area (Å²) < 4.78 is 4.02. The summed E-state index contributed by atoms with van der Waals surface area (Å²) in [6.07, 6.45) is 3.96. The van der Waals surface area contributed by atoms with Crippen LogP contribution in [0.4, 0.5) is 11.4 Å². The van der Waals surface area contributed by atoms with Gasteiger partial charge in [-0.25, -0.2) is 0 Å². The normalized spacial score (nSPS) is 11.3. The van der Waals surface area contributed by atoms with Crippen LogP contribution in [0.15, 0.2) is 54.9 Å². The molecule has 0 fully saturated rings. The molecule has 4 aromatic rings. The molecule has 0 aliphatic carbocycles. The van der Waals surface area contributed by atoms with Gasteiger partial charge >= 0.3 is 0 Å². The summed E-state index contributed by atoms with van der Waals surface area (Å²) in [5, 5.41) is 10.1. The largest absolute Gasteiger partial charge is 0.355 e. The van der Waals surface area contributed by atoms with E-state index in [2.05, 4.69) is 70.7 Å². The number of rotatable bonds is 2. The summed E-state index contributed by atoms with van der Waals surface area (Å²) in [7, 11) is 4.02.